The van der Waals surface area contributed by atoms with E-state index in [0.717, 1.165) is 33.7 Å². The van der Waals surface area contributed by atoms with Crippen LogP contribution < -0.4 is 5.69 Å². The van der Waals surface area contributed by atoms with Crippen LogP contribution in [0.15, 0.2) is 53.5 Å². The van der Waals surface area contributed by atoms with Gasteiger partial charge in [-0.3, -0.25) is 4.57 Å². The lowest BCUT2D eigenvalue weighted by Gasteiger charge is -2.11. The molecular formula is C20H18N8O. The van der Waals surface area contributed by atoms with E-state index in [1.54, 1.807) is 10.8 Å². The third kappa shape index (κ3) is 2.83. The van der Waals surface area contributed by atoms with E-state index >= 15 is 0 Å². The molecule has 0 atom stereocenters. The second-order valence-corrected chi connectivity index (χ2v) is 6.94. The van der Waals surface area contributed by atoms with Crippen molar-refractivity contribution in [2.24, 2.45) is 0 Å². The molecule has 0 saturated carbocycles. The zero-order valence-corrected chi connectivity index (χ0v) is 15.9. The Kier molecular flexibility index (Phi) is 3.87. The standard InChI is InChI=1S/C20H18N8O/c1-12-9-10-21-19-17(12)22-20(29)27(19)11-14-4-6-15(7-5-14)28-13(2)3-8-16(28)18-23-25-26-24-18/h3-10H,11H2,1-2H3,(H,22,29)(H,23,24,25,26). The van der Waals surface area contributed by atoms with Crippen LogP contribution in [0.2, 0.25) is 0 Å². The first-order valence-corrected chi connectivity index (χ1v) is 9.17. The molecule has 0 amide bonds. The molecule has 4 aromatic heterocycles. The van der Waals surface area contributed by atoms with Gasteiger partial charge in [0, 0.05) is 17.6 Å². The number of nitrogens with one attached hydrogen (secondary N) is 2. The second kappa shape index (κ2) is 6.55. The van der Waals surface area contributed by atoms with Crippen molar-refractivity contribution < 1.29 is 0 Å². The number of aromatic amines is 2. The van der Waals surface area contributed by atoms with Crippen molar-refractivity contribution in [1.82, 2.24) is 39.7 Å². The number of imidazole rings is 1. The Bertz CT molecular complexity index is 1360. The minimum absolute atomic E-state index is 0.161. The van der Waals surface area contributed by atoms with E-state index in [1.807, 2.05) is 56.3 Å². The van der Waals surface area contributed by atoms with Crippen molar-refractivity contribution in [1.29, 1.82) is 0 Å². The monoisotopic (exact) mass is 386 g/mol. The summed E-state index contributed by atoms with van der Waals surface area (Å²) in [4.78, 5) is 19.7. The lowest BCUT2D eigenvalue weighted by molar-refractivity contribution is 0.777. The van der Waals surface area contributed by atoms with Gasteiger partial charge in [-0.05, 0) is 60.5 Å². The van der Waals surface area contributed by atoms with Crippen LogP contribution in [0.4, 0.5) is 0 Å². The molecule has 5 rings (SSSR count). The molecule has 9 nitrogen and oxygen atoms in total. The molecule has 4 heterocycles. The van der Waals surface area contributed by atoms with Gasteiger partial charge in [-0.2, -0.15) is 5.21 Å². The lowest BCUT2D eigenvalue weighted by Crippen LogP contribution is -2.17. The predicted octanol–water partition coefficient (Wildman–Crippen LogP) is 2.36. The normalized spacial score (nSPS) is 11.4. The summed E-state index contributed by atoms with van der Waals surface area (Å²) >= 11 is 0. The summed E-state index contributed by atoms with van der Waals surface area (Å²) in [7, 11) is 0. The molecule has 0 bridgehead atoms. The molecule has 0 aliphatic carbocycles. The molecule has 1 aromatic carbocycles. The van der Waals surface area contributed by atoms with Crippen LogP contribution >= 0.6 is 0 Å². The summed E-state index contributed by atoms with van der Waals surface area (Å²) in [6.07, 6.45) is 1.72. The van der Waals surface area contributed by atoms with Gasteiger partial charge >= 0.3 is 5.69 Å². The molecule has 144 valence electrons. The highest BCUT2D eigenvalue weighted by atomic mass is 16.1. The van der Waals surface area contributed by atoms with E-state index in [0.29, 0.717) is 18.0 Å². The molecule has 5 aromatic rings. The van der Waals surface area contributed by atoms with Gasteiger partial charge in [0.25, 0.3) is 0 Å². The largest absolute Gasteiger partial charge is 0.327 e. The molecule has 0 radical (unpaired) electrons. The van der Waals surface area contributed by atoms with E-state index in [4.69, 9.17) is 0 Å². The average Bonchev–Trinajstić information content (AvgIpc) is 3.44. The van der Waals surface area contributed by atoms with Gasteiger partial charge < -0.3 is 9.55 Å². The molecule has 0 spiro atoms. The van der Waals surface area contributed by atoms with Gasteiger partial charge in [-0.25, -0.2) is 9.78 Å². The minimum Gasteiger partial charge on any atom is -0.311 e. The molecule has 0 fully saturated rings. The van der Waals surface area contributed by atoms with Crippen LogP contribution in [0.1, 0.15) is 16.8 Å². The summed E-state index contributed by atoms with van der Waals surface area (Å²) in [6.45, 7) is 4.43. The SMILES string of the molecule is Cc1ccnc2c1[nH]c(=O)n2Cc1ccc(-n2c(C)ccc2-c2nn[nH]n2)cc1. The van der Waals surface area contributed by atoms with E-state index in [9.17, 15) is 4.79 Å². The molecule has 29 heavy (non-hydrogen) atoms. The fourth-order valence-corrected chi connectivity index (χ4v) is 3.58. The number of aromatic nitrogens is 8. The second-order valence-electron chi connectivity index (χ2n) is 6.94. The van der Waals surface area contributed by atoms with Crippen molar-refractivity contribution in [3.63, 3.8) is 0 Å². The van der Waals surface area contributed by atoms with Crippen LogP contribution in [0.25, 0.3) is 28.4 Å². The summed E-state index contributed by atoms with van der Waals surface area (Å²) in [5, 5.41) is 14.3. The van der Waals surface area contributed by atoms with Gasteiger partial charge in [0.1, 0.15) is 0 Å². The highest BCUT2D eigenvalue weighted by Crippen LogP contribution is 2.24. The van der Waals surface area contributed by atoms with Crippen molar-refractivity contribution in [3.05, 3.63) is 76.0 Å². The minimum atomic E-state index is -0.161. The molecule has 9 heteroatoms. The average molecular weight is 386 g/mol. The maximum absolute atomic E-state index is 12.4. The molecule has 0 aliphatic heterocycles. The number of hydrogen-bond acceptors (Lipinski definition) is 5. The Balaban J connectivity index is 1.50. The van der Waals surface area contributed by atoms with E-state index in [-0.39, 0.29) is 5.69 Å². The maximum Gasteiger partial charge on any atom is 0.327 e. The summed E-state index contributed by atoms with van der Waals surface area (Å²) < 4.78 is 3.72. The van der Waals surface area contributed by atoms with Crippen LogP contribution in [-0.2, 0) is 6.54 Å². The predicted molar refractivity (Wildman–Crippen MR) is 108 cm³/mol. The van der Waals surface area contributed by atoms with Gasteiger partial charge in [-0.15, -0.1) is 10.2 Å². The smallest absolute Gasteiger partial charge is 0.311 e. The number of benzene rings is 1. The highest BCUT2D eigenvalue weighted by molar-refractivity contribution is 5.74. The summed E-state index contributed by atoms with van der Waals surface area (Å²) in [5.74, 6) is 0.536. The van der Waals surface area contributed by atoms with Crippen LogP contribution in [0, 0.1) is 13.8 Å². The van der Waals surface area contributed by atoms with Gasteiger partial charge in [0.05, 0.1) is 17.8 Å². The number of rotatable bonds is 4. The van der Waals surface area contributed by atoms with Gasteiger partial charge in [-0.1, -0.05) is 12.1 Å². The number of tetrazole rings is 1. The Morgan fingerprint density at radius 1 is 1.03 bits per heavy atom. The maximum atomic E-state index is 12.4. The topological polar surface area (TPSA) is 110 Å². The van der Waals surface area contributed by atoms with Gasteiger partial charge in [0.15, 0.2) is 5.65 Å². The van der Waals surface area contributed by atoms with Crippen LogP contribution in [0.5, 0.6) is 0 Å². The Morgan fingerprint density at radius 3 is 2.62 bits per heavy atom. The fraction of sp³-hybridized carbons (Fsp3) is 0.150. The van der Waals surface area contributed by atoms with Crippen LogP contribution in [0.3, 0.4) is 0 Å². The number of nitrogens with zero attached hydrogens (tertiary/aromatic N) is 6. The molecular weight excluding hydrogens is 368 g/mol. The summed E-state index contributed by atoms with van der Waals surface area (Å²) in [6, 6.07) is 13.9. The number of aryl methyl sites for hydroxylation is 2. The Labute approximate surface area is 165 Å². The highest BCUT2D eigenvalue weighted by Gasteiger charge is 2.14. The van der Waals surface area contributed by atoms with E-state index in [2.05, 4.69) is 35.2 Å². The third-order valence-corrected chi connectivity index (χ3v) is 5.06. The molecule has 0 aliphatic rings. The van der Waals surface area contributed by atoms with Gasteiger partial charge in [0.2, 0.25) is 5.82 Å². The number of pyridine rings is 1. The molecule has 0 saturated heterocycles. The first-order valence-electron chi connectivity index (χ1n) is 9.17. The number of fused-ring (bicyclic) bond motifs is 1. The quantitative estimate of drug-likeness (QED) is 0.493. The number of hydrogen-bond donors (Lipinski definition) is 2. The number of H-pyrrole nitrogens is 2. The lowest BCUT2D eigenvalue weighted by atomic mass is 10.2. The van der Waals surface area contributed by atoms with Crippen molar-refractivity contribution >= 4 is 11.2 Å². The zero-order chi connectivity index (χ0) is 20.0. The third-order valence-electron chi connectivity index (χ3n) is 5.06. The first kappa shape index (κ1) is 17.1. The van der Waals surface area contributed by atoms with E-state index < -0.39 is 0 Å². The molecule has 2 N–H and O–H groups in total. The Morgan fingerprint density at radius 2 is 1.86 bits per heavy atom. The van der Waals surface area contributed by atoms with Crippen LogP contribution in [-0.4, -0.2) is 39.7 Å². The molecule has 0 unspecified atom stereocenters. The first-order chi connectivity index (χ1) is 14.1. The van der Waals surface area contributed by atoms with Crippen molar-refractivity contribution in [2.75, 3.05) is 0 Å². The zero-order valence-electron chi connectivity index (χ0n) is 15.9. The fourth-order valence-electron chi connectivity index (χ4n) is 3.58. The van der Waals surface area contributed by atoms with Crippen molar-refractivity contribution in [3.8, 4) is 17.2 Å². The van der Waals surface area contributed by atoms with E-state index in [1.165, 1.54) is 0 Å². The Hall–Kier alpha value is -4.01. The summed E-state index contributed by atoms with van der Waals surface area (Å²) in [5.41, 5.74) is 6.19. The van der Waals surface area contributed by atoms with Crippen molar-refractivity contribution in [2.45, 2.75) is 20.4 Å².